The second kappa shape index (κ2) is 6.63. The van der Waals surface area contributed by atoms with Gasteiger partial charge in [-0.25, -0.2) is 0 Å². The van der Waals surface area contributed by atoms with Crippen LogP contribution in [-0.2, 0) is 6.42 Å². The van der Waals surface area contributed by atoms with Crippen molar-refractivity contribution in [3.63, 3.8) is 0 Å². The van der Waals surface area contributed by atoms with E-state index in [1.54, 1.807) is 0 Å². The van der Waals surface area contributed by atoms with E-state index in [-0.39, 0.29) is 0 Å². The maximum atomic E-state index is 3.59. The maximum absolute atomic E-state index is 3.59. The molecule has 88 valence electrons. The zero-order chi connectivity index (χ0) is 11.1. The Morgan fingerprint density at radius 2 is 1.69 bits per heavy atom. The van der Waals surface area contributed by atoms with Gasteiger partial charge in [0.05, 0.1) is 0 Å². The van der Waals surface area contributed by atoms with E-state index in [4.69, 9.17) is 0 Å². The first-order chi connectivity index (χ1) is 7.95. The molecule has 1 atom stereocenters. The number of hydrogen-bond donors (Lipinski definition) is 3. The van der Waals surface area contributed by atoms with Gasteiger partial charge in [-0.15, -0.1) is 0 Å². The molecule has 3 nitrogen and oxygen atoms in total. The van der Waals surface area contributed by atoms with E-state index in [2.05, 4.69) is 46.3 Å². The van der Waals surface area contributed by atoms with Crippen LogP contribution in [0.4, 0.5) is 0 Å². The second-order valence-electron chi connectivity index (χ2n) is 4.29. The lowest BCUT2D eigenvalue weighted by Crippen LogP contribution is -2.41. The van der Waals surface area contributed by atoms with Crippen LogP contribution in [0.5, 0.6) is 0 Å². The summed E-state index contributed by atoms with van der Waals surface area (Å²) in [7, 11) is 0. The van der Waals surface area contributed by atoms with Gasteiger partial charge in [0.15, 0.2) is 0 Å². The van der Waals surface area contributed by atoms with E-state index in [0.717, 1.165) is 39.1 Å². The van der Waals surface area contributed by atoms with Gasteiger partial charge in [0.25, 0.3) is 0 Å². The van der Waals surface area contributed by atoms with Gasteiger partial charge in [-0.05, 0) is 12.0 Å². The van der Waals surface area contributed by atoms with Crippen LogP contribution in [-0.4, -0.2) is 38.8 Å². The summed E-state index contributed by atoms with van der Waals surface area (Å²) < 4.78 is 0. The van der Waals surface area contributed by atoms with E-state index < -0.39 is 0 Å². The Kier molecular flexibility index (Phi) is 4.80. The van der Waals surface area contributed by atoms with E-state index >= 15 is 0 Å². The Morgan fingerprint density at radius 1 is 0.938 bits per heavy atom. The van der Waals surface area contributed by atoms with Crippen molar-refractivity contribution in [2.45, 2.75) is 12.5 Å². The Labute approximate surface area is 97.6 Å². The van der Waals surface area contributed by atoms with Gasteiger partial charge in [0, 0.05) is 38.8 Å². The van der Waals surface area contributed by atoms with Crippen molar-refractivity contribution in [2.24, 2.45) is 0 Å². The lowest BCUT2D eigenvalue weighted by atomic mass is 10.1. The Balaban J connectivity index is 1.86. The monoisotopic (exact) mass is 219 g/mol. The predicted octanol–water partition coefficient (Wildman–Crippen LogP) is 0.380. The van der Waals surface area contributed by atoms with Crippen LogP contribution < -0.4 is 16.0 Å². The van der Waals surface area contributed by atoms with E-state index in [9.17, 15) is 0 Å². The van der Waals surface area contributed by atoms with Crippen molar-refractivity contribution in [3.8, 4) is 0 Å². The van der Waals surface area contributed by atoms with Crippen LogP contribution >= 0.6 is 0 Å². The lowest BCUT2D eigenvalue weighted by Gasteiger charge is -2.18. The van der Waals surface area contributed by atoms with Crippen LogP contribution in [0.25, 0.3) is 0 Å². The molecule has 1 fully saturated rings. The summed E-state index contributed by atoms with van der Waals surface area (Å²) in [5.74, 6) is 0. The molecule has 1 unspecified atom stereocenters. The highest BCUT2D eigenvalue weighted by atomic mass is 15.0. The molecule has 1 aromatic carbocycles. The van der Waals surface area contributed by atoms with Crippen molar-refractivity contribution in [3.05, 3.63) is 35.9 Å². The number of rotatable bonds is 2. The third-order valence-electron chi connectivity index (χ3n) is 2.93. The fourth-order valence-electron chi connectivity index (χ4n) is 2.06. The topological polar surface area (TPSA) is 36.1 Å². The first-order valence-electron chi connectivity index (χ1n) is 6.14. The molecule has 0 radical (unpaired) electrons. The molecule has 0 saturated carbocycles. The average molecular weight is 219 g/mol. The van der Waals surface area contributed by atoms with Gasteiger partial charge in [-0.2, -0.15) is 0 Å². The lowest BCUT2D eigenvalue weighted by molar-refractivity contribution is 0.492. The molecule has 0 amide bonds. The normalized spacial score (nSPS) is 23.1. The van der Waals surface area contributed by atoms with Crippen molar-refractivity contribution in [1.29, 1.82) is 0 Å². The van der Waals surface area contributed by atoms with Crippen LogP contribution in [0.1, 0.15) is 5.56 Å². The first kappa shape index (κ1) is 11.6. The quantitative estimate of drug-likeness (QED) is 0.673. The summed E-state index contributed by atoms with van der Waals surface area (Å²) in [4.78, 5) is 0. The van der Waals surface area contributed by atoms with Gasteiger partial charge >= 0.3 is 0 Å². The molecular formula is C13H21N3. The molecule has 0 bridgehead atoms. The van der Waals surface area contributed by atoms with Crippen LogP contribution in [0.2, 0.25) is 0 Å². The van der Waals surface area contributed by atoms with Gasteiger partial charge in [0.2, 0.25) is 0 Å². The van der Waals surface area contributed by atoms with E-state index in [1.807, 2.05) is 0 Å². The minimum absolute atomic E-state index is 0.544. The van der Waals surface area contributed by atoms with Crippen molar-refractivity contribution in [2.75, 3.05) is 32.7 Å². The summed E-state index contributed by atoms with van der Waals surface area (Å²) in [6.07, 6.45) is 1.10. The standard InChI is InChI=1S/C13H21N3/c1-2-4-12(5-3-1)10-13-11-15-7-6-14-8-9-16-13/h1-5,13-16H,6-11H2. The fraction of sp³-hybridized carbons (Fsp3) is 0.538. The molecule has 0 aromatic heterocycles. The summed E-state index contributed by atoms with van der Waals surface area (Å²) >= 11 is 0. The molecular weight excluding hydrogens is 198 g/mol. The van der Waals surface area contributed by atoms with Crippen molar-refractivity contribution in [1.82, 2.24) is 16.0 Å². The summed E-state index contributed by atoms with van der Waals surface area (Å²) in [6.45, 7) is 5.30. The van der Waals surface area contributed by atoms with Crippen molar-refractivity contribution >= 4 is 0 Å². The molecule has 1 aliphatic rings. The summed E-state index contributed by atoms with van der Waals surface area (Å²) in [6, 6.07) is 11.2. The van der Waals surface area contributed by atoms with Crippen LogP contribution in [0.3, 0.4) is 0 Å². The molecule has 0 aliphatic carbocycles. The van der Waals surface area contributed by atoms with Crippen LogP contribution in [0, 0.1) is 0 Å². The second-order valence-corrected chi connectivity index (χ2v) is 4.29. The zero-order valence-electron chi connectivity index (χ0n) is 9.71. The minimum Gasteiger partial charge on any atom is -0.314 e. The molecule has 2 rings (SSSR count). The third kappa shape index (κ3) is 3.93. The molecule has 1 saturated heterocycles. The smallest absolute Gasteiger partial charge is 0.0233 e. The number of nitrogens with one attached hydrogen (secondary N) is 3. The largest absolute Gasteiger partial charge is 0.314 e. The molecule has 3 heteroatoms. The van der Waals surface area contributed by atoms with E-state index in [1.165, 1.54) is 5.56 Å². The minimum atomic E-state index is 0.544. The van der Waals surface area contributed by atoms with Gasteiger partial charge < -0.3 is 16.0 Å². The van der Waals surface area contributed by atoms with Crippen LogP contribution in [0.15, 0.2) is 30.3 Å². The summed E-state index contributed by atoms with van der Waals surface area (Å²) in [5.41, 5.74) is 1.41. The Hall–Kier alpha value is -0.900. The summed E-state index contributed by atoms with van der Waals surface area (Å²) in [5, 5.41) is 10.4. The molecule has 3 N–H and O–H groups in total. The number of benzene rings is 1. The molecule has 16 heavy (non-hydrogen) atoms. The SMILES string of the molecule is c1ccc(CC2CNCCNCCN2)cc1. The number of hydrogen-bond acceptors (Lipinski definition) is 3. The van der Waals surface area contributed by atoms with Gasteiger partial charge in [-0.1, -0.05) is 30.3 Å². The maximum Gasteiger partial charge on any atom is 0.0233 e. The predicted molar refractivity (Wildman–Crippen MR) is 67.7 cm³/mol. The Morgan fingerprint density at radius 3 is 2.56 bits per heavy atom. The third-order valence-corrected chi connectivity index (χ3v) is 2.93. The highest BCUT2D eigenvalue weighted by Gasteiger charge is 2.09. The highest BCUT2D eigenvalue weighted by Crippen LogP contribution is 2.02. The average Bonchev–Trinajstić information content (AvgIpc) is 2.45. The zero-order valence-corrected chi connectivity index (χ0v) is 9.71. The Bertz CT molecular complexity index is 276. The molecule has 1 aliphatic heterocycles. The first-order valence-corrected chi connectivity index (χ1v) is 6.14. The molecule has 1 heterocycles. The highest BCUT2D eigenvalue weighted by molar-refractivity contribution is 5.16. The van der Waals surface area contributed by atoms with E-state index in [0.29, 0.717) is 6.04 Å². The van der Waals surface area contributed by atoms with Gasteiger partial charge in [-0.3, -0.25) is 0 Å². The molecule has 1 aromatic rings. The van der Waals surface area contributed by atoms with Gasteiger partial charge in [0.1, 0.15) is 0 Å². The fourth-order valence-corrected chi connectivity index (χ4v) is 2.06. The van der Waals surface area contributed by atoms with Crippen molar-refractivity contribution < 1.29 is 0 Å². The molecule has 0 spiro atoms.